The van der Waals surface area contributed by atoms with Gasteiger partial charge in [0.1, 0.15) is 24.7 Å². The zero-order chi connectivity index (χ0) is 27.2. The van der Waals surface area contributed by atoms with Crippen LogP contribution in [0.25, 0.3) is 6.08 Å². The normalized spacial score (nSPS) is 14.0. The molecule has 1 aliphatic heterocycles. The first-order valence-corrected chi connectivity index (χ1v) is 12.6. The smallest absolute Gasteiger partial charge is 0.329 e. The van der Waals surface area contributed by atoms with Crippen molar-refractivity contribution in [2.75, 3.05) is 18.5 Å². The molecular weight excluding hydrogens is 581 g/mol. The van der Waals surface area contributed by atoms with Gasteiger partial charge in [-0.05, 0) is 60.5 Å². The highest BCUT2D eigenvalue weighted by molar-refractivity contribution is 9.10. The van der Waals surface area contributed by atoms with Crippen molar-refractivity contribution in [2.24, 2.45) is 0 Å². The summed E-state index contributed by atoms with van der Waals surface area (Å²) in [6.07, 6.45) is 1.46. The summed E-state index contributed by atoms with van der Waals surface area (Å²) >= 11 is 9.41. The van der Waals surface area contributed by atoms with Gasteiger partial charge in [-0.25, -0.2) is 14.1 Å². The number of nitrogens with one attached hydrogen (secondary N) is 2. The topological polar surface area (TPSA) is 97.0 Å². The molecule has 0 radical (unpaired) electrons. The predicted octanol–water partition coefficient (Wildman–Crippen LogP) is 5.75. The molecule has 1 heterocycles. The monoisotopic (exact) mass is 601 g/mol. The fourth-order valence-electron chi connectivity index (χ4n) is 3.55. The van der Waals surface area contributed by atoms with Crippen LogP contribution < -0.4 is 20.1 Å². The molecule has 3 aromatic rings. The minimum atomic E-state index is -0.769. The van der Waals surface area contributed by atoms with E-state index in [1.807, 2.05) is 19.1 Å². The lowest BCUT2D eigenvalue weighted by Crippen LogP contribution is -2.38. The van der Waals surface area contributed by atoms with Gasteiger partial charge >= 0.3 is 6.03 Å². The Kier molecular flexibility index (Phi) is 8.65. The van der Waals surface area contributed by atoms with Crippen molar-refractivity contribution in [1.82, 2.24) is 10.2 Å². The van der Waals surface area contributed by atoms with Crippen LogP contribution in [0, 0.1) is 5.82 Å². The second-order valence-corrected chi connectivity index (χ2v) is 9.37. The van der Waals surface area contributed by atoms with E-state index in [1.54, 1.807) is 30.3 Å². The van der Waals surface area contributed by atoms with Crippen molar-refractivity contribution in [3.63, 3.8) is 0 Å². The Bertz CT molecular complexity index is 1410. The summed E-state index contributed by atoms with van der Waals surface area (Å²) in [5.74, 6) is -1.14. The number of rotatable bonds is 9. The zero-order valence-corrected chi connectivity index (χ0v) is 22.4. The SMILES string of the molecule is CCOc1cc(/C=C2/NC(=O)N(CC(=O)Nc3ccccc3F)C2=O)c(Br)cc1OCc1ccc(Cl)cc1. The van der Waals surface area contributed by atoms with Gasteiger partial charge < -0.3 is 20.1 Å². The molecule has 8 nitrogen and oxygen atoms in total. The lowest BCUT2D eigenvalue weighted by atomic mass is 10.1. The summed E-state index contributed by atoms with van der Waals surface area (Å²) in [5, 5.41) is 5.45. The van der Waals surface area contributed by atoms with Gasteiger partial charge in [-0.1, -0.05) is 51.8 Å². The third-order valence-electron chi connectivity index (χ3n) is 5.38. The number of halogens is 3. The van der Waals surface area contributed by atoms with Crippen molar-refractivity contribution in [3.8, 4) is 11.5 Å². The highest BCUT2D eigenvalue weighted by Crippen LogP contribution is 2.36. The van der Waals surface area contributed by atoms with Gasteiger partial charge in [0.2, 0.25) is 5.91 Å². The summed E-state index contributed by atoms with van der Waals surface area (Å²) in [5.41, 5.74) is 1.36. The first kappa shape index (κ1) is 27.2. The van der Waals surface area contributed by atoms with Crippen LogP contribution in [0.4, 0.5) is 14.9 Å². The van der Waals surface area contributed by atoms with Crippen molar-refractivity contribution < 1.29 is 28.2 Å². The maximum absolute atomic E-state index is 13.8. The number of hydrogen-bond donors (Lipinski definition) is 2. The van der Waals surface area contributed by atoms with Crippen LogP contribution in [0.2, 0.25) is 5.02 Å². The molecule has 0 aromatic heterocycles. The van der Waals surface area contributed by atoms with Crippen LogP contribution in [-0.2, 0) is 16.2 Å². The van der Waals surface area contributed by atoms with Crippen molar-refractivity contribution in [3.05, 3.63) is 92.8 Å². The van der Waals surface area contributed by atoms with Crippen LogP contribution >= 0.6 is 27.5 Å². The van der Waals surface area contributed by atoms with Gasteiger partial charge in [-0.3, -0.25) is 9.59 Å². The quantitative estimate of drug-likeness (QED) is 0.240. The van der Waals surface area contributed by atoms with Gasteiger partial charge in [-0.15, -0.1) is 0 Å². The average molecular weight is 603 g/mol. The number of amides is 4. The van der Waals surface area contributed by atoms with Gasteiger partial charge in [0.25, 0.3) is 5.91 Å². The fraction of sp³-hybridized carbons (Fsp3) is 0.148. The maximum atomic E-state index is 13.8. The average Bonchev–Trinajstić information content (AvgIpc) is 3.14. The largest absolute Gasteiger partial charge is 0.490 e. The lowest BCUT2D eigenvalue weighted by molar-refractivity contribution is -0.127. The number of hydrogen-bond acceptors (Lipinski definition) is 5. The summed E-state index contributed by atoms with van der Waals surface area (Å²) in [7, 11) is 0. The summed E-state index contributed by atoms with van der Waals surface area (Å²) < 4.78 is 26.1. The molecule has 0 saturated carbocycles. The molecule has 11 heteroatoms. The first-order chi connectivity index (χ1) is 18.2. The van der Waals surface area contributed by atoms with E-state index in [4.69, 9.17) is 21.1 Å². The Morgan fingerprint density at radius 2 is 1.82 bits per heavy atom. The predicted molar refractivity (Wildman–Crippen MR) is 144 cm³/mol. The van der Waals surface area contributed by atoms with E-state index < -0.39 is 30.2 Å². The highest BCUT2D eigenvalue weighted by Gasteiger charge is 2.35. The molecule has 4 amide bonds. The van der Waals surface area contributed by atoms with E-state index in [1.165, 1.54) is 24.3 Å². The van der Waals surface area contributed by atoms with Gasteiger partial charge in [0.05, 0.1) is 12.3 Å². The summed E-state index contributed by atoms with van der Waals surface area (Å²) in [6.45, 7) is 1.89. The number of urea groups is 1. The number of nitrogens with zero attached hydrogens (tertiary/aromatic N) is 1. The molecule has 38 heavy (non-hydrogen) atoms. The summed E-state index contributed by atoms with van der Waals surface area (Å²) in [6, 6.07) is 15.5. The molecule has 0 spiro atoms. The number of benzene rings is 3. The number of anilines is 1. The summed E-state index contributed by atoms with van der Waals surface area (Å²) in [4.78, 5) is 38.4. The van der Waals surface area contributed by atoms with Crippen molar-refractivity contribution >= 4 is 57.1 Å². The molecule has 1 fully saturated rings. The Labute approximate surface area is 231 Å². The van der Waals surface area contributed by atoms with Gasteiger partial charge in [-0.2, -0.15) is 0 Å². The van der Waals surface area contributed by atoms with E-state index in [-0.39, 0.29) is 18.0 Å². The van der Waals surface area contributed by atoms with Crippen LogP contribution in [0.5, 0.6) is 11.5 Å². The molecule has 0 unspecified atom stereocenters. The van der Waals surface area contributed by atoms with Gasteiger partial charge in [0.15, 0.2) is 11.5 Å². The molecule has 196 valence electrons. The molecule has 0 atom stereocenters. The molecule has 0 aliphatic carbocycles. The second-order valence-electron chi connectivity index (χ2n) is 8.08. The minimum Gasteiger partial charge on any atom is -0.490 e. The second kappa shape index (κ2) is 12.1. The molecular formula is C27H22BrClFN3O5. The van der Waals surface area contributed by atoms with E-state index in [9.17, 15) is 18.8 Å². The van der Waals surface area contributed by atoms with Gasteiger partial charge in [0, 0.05) is 9.50 Å². The molecule has 4 rings (SSSR count). The number of para-hydroxylation sites is 1. The van der Waals surface area contributed by atoms with E-state index in [2.05, 4.69) is 26.6 Å². The van der Waals surface area contributed by atoms with E-state index in [0.29, 0.717) is 33.2 Å². The Morgan fingerprint density at radius 3 is 2.53 bits per heavy atom. The van der Waals surface area contributed by atoms with E-state index >= 15 is 0 Å². The molecule has 2 N–H and O–H groups in total. The Balaban J connectivity index is 1.49. The zero-order valence-electron chi connectivity index (χ0n) is 20.1. The molecule has 1 saturated heterocycles. The molecule has 0 bridgehead atoms. The Hall–Kier alpha value is -3.89. The fourth-order valence-corrected chi connectivity index (χ4v) is 4.11. The number of carbonyl (C=O) groups excluding carboxylic acids is 3. The Morgan fingerprint density at radius 1 is 1.11 bits per heavy atom. The lowest BCUT2D eigenvalue weighted by Gasteiger charge is -2.14. The standard InChI is InChI=1S/C27H22BrClFN3O5/c1-2-37-23-12-17(19(28)13-24(23)38-15-16-7-9-18(29)10-8-16)11-22-26(35)33(27(36)32-22)14-25(34)31-21-6-4-3-5-20(21)30/h3-13H,2,14-15H2,1H3,(H,31,34)(H,32,36)/b22-11+. The third-order valence-corrected chi connectivity index (χ3v) is 6.32. The number of carbonyl (C=O) groups is 3. The van der Waals surface area contributed by atoms with Crippen LogP contribution in [-0.4, -0.2) is 35.9 Å². The van der Waals surface area contributed by atoms with E-state index in [0.717, 1.165) is 10.5 Å². The van der Waals surface area contributed by atoms with Crippen LogP contribution in [0.3, 0.4) is 0 Å². The first-order valence-electron chi connectivity index (χ1n) is 11.5. The third kappa shape index (κ3) is 6.51. The van der Waals surface area contributed by atoms with Crippen LogP contribution in [0.1, 0.15) is 18.1 Å². The minimum absolute atomic E-state index is 0.0355. The van der Waals surface area contributed by atoms with Crippen LogP contribution in [0.15, 0.2) is 70.8 Å². The number of imide groups is 1. The molecule has 1 aliphatic rings. The number of ether oxygens (including phenoxy) is 2. The van der Waals surface area contributed by atoms with Crippen molar-refractivity contribution in [2.45, 2.75) is 13.5 Å². The highest BCUT2D eigenvalue weighted by atomic mass is 79.9. The van der Waals surface area contributed by atoms with Crippen molar-refractivity contribution in [1.29, 1.82) is 0 Å². The molecule has 3 aromatic carbocycles. The maximum Gasteiger partial charge on any atom is 0.329 e.